The molecule has 7 heteroatoms. The maximum Gasteiger partial charge on any atom is 0.175 e. The highest BCUT2D eigenvalue weighted by atomic mass is 32.1. The largest absolute Gasteiger partial charge is 0.409 e. The lowest BCUT2D eigenvalue weighted by Crippen LogP contribution is -2.23. The molecule has 0 saturated heterocycles. The van der Waals surface area contributed by atoms with E-state index in [9.17, 15) is 4.39 Å². The van der Waals surface area contributed by atoms with Gasteiger partial charge in [0.2, 0.25) is 0 Å². The van der Waals surface area contributed by atoms with E-state index in [0.717, 1.165) is 10.6 Å². The maximum atomic E-state index is 13.9. The van der Waals surface area contributed by atoms with E-state index in [-0.39, 0.29) is 11.4 Å². The summed E-state index contributed by atoms with van der Waals surface area (Å²) in [6.45, 7) is 2.50. The van der Waals surface area contributed by atoms with Crippen LogP contribution in [0.5, 0.6) is 0 Å². The first-order valence-corrected chi connectivity index (χ1v) is 6.79. The fourth-order valence-corrected chi connectivity index (χ4v) is 2.74. The van der Waals surface area contributed by atoms with Gasteiger partial charge in [-0.25, -0.2) is 9.37 Å². The molecule has 0 amide bonds. The molecule has 2 rings (SSSR count). The Bertz CT molecular complexity index is 641. The van der Waals surface area contributed by atoms with Crippen molar-refractivity contribution in [3.8, 4) is 0 Å². The summed E-state index contributed by atoms with van der Waals surface area (Å²) in [5.74, 6) is -0.767. The summed E-state index contributed by atoms with van der Waals surface area (Å²) in [7, 11) is 1.82. The van der Waals surface area contributed by atoms with Crippen LogP contribution in [-0.4, -0.2) is 23.1 Å². The van der Waals surface area contributed by atoms with Crippen LogP contribution in [0.1, 0.15) is 16.1 Å². The summed E-state index contributed by atoms with van der Waals surface area (Å²) in [5, 5.41) is 11.7. The van der Waals surface area contributed by atoms with Gasteiger partial charge in [0.25, 0.3) is 0 Å². The normalized spacial score (nSPS) is 11.7. The molecule has 0 aliphatic heterocycles. The fourth-order valence-electron chi connectivity index (χ4n) is 1.91. The molecule has 2 aromatic rings. The molecule has 20 heavy (non-hydrogen) atoms. The first-order valence-electron chi connectivity index (χ1n) is 5.91. The van der Waals surface area contributed by atoms with Crippen LogP contribution in [0.25, 0.3) is 0 Å². The maximum absolute atomic E-state index is 13.9. The van der Waals surface area contributed by atoms with E-state index in [1.54, 1.807) is 17.6 Å². The van der Waals surface area contributed by atoms with E-state index in [2.05, 4.69) is 10.1 Å². The summed E-state index contributed by atoms with van der Waals surface area (Å²) >= 11 is 1.54. The molecule has 1 aromatic heterocycles. The van der Waals surface area contributed by atoms with Crippen molar-refractivity contribution in [1.82, 2.24) is 4.98 Å². The molecular formula is C13H15FN4OS. The van der Waals surface area contributed by atoms with Crippen molar-refractivity contribution in [3.05, 3.63) is 45.7 Å². The van der Waals surface area contributed by atoms with Gasteiger partial charge in [-0.15, -0.1) is 11.3 Å². The predicted molar refractivity (Wildman–Crippen MR) is 77.9 cm³/mol. The number of halogens is 1. The van der Waals surface area contributed by atoms with Crippen molar-refractivity contribution in [2.24, 2.45) is 10.9 Å². The average molecular weight is 294 g/mol. The SMILES string of the molecule is Cc1ncsc1CN(C)c1cccc(F)c1C(N)=NO. The van der Waals surface area contributed by atoms with Crippen LogP contribution in [0, 0.1) is 12.7 Å². The topological polar surface area (TPSA) is 74.7 Å². The lowest BCUT2D eigenvalue weighted by atomic mass is 10.1. The number of thiazole rings is 1. The van der Waals surface area contributed by atoms with Crippen LogP contribution in [-0.2, 0) is 6.54 Å². The second-order valence-electron chi connectivity index (χ2n) is 4.34. The lowest BCUT2D eigenvalue weighted by Gasteiger charge is -2.22. The summed E-state index contributed by atoms with van der Waals surface area (Å²) in [6.07, 6.45) is 0. The standard InChI is InChI=1S/C13H15FN4OS/c1-8-11(20-7-16-8)6-18(2)10-5-3-4-9(14)12(10)13(15)17-19/h3-5,7,19H,6H2,1-2H3,(H2,15,17). The molecule has 0 aliphatic carbocycles. The summed E-state index contributed by atoms with van der Waals surface area (Å²) in [5.41, 5.74) is 8.94. The minimum absolute atomic E-state index is 0.0969. The van der Waals surface area contributed by atoms with Gasteiger partial charge in [-0.3, -0.25) is 0 Å². The Hall–Kier alpha value is -2.15. The highest BCUT2D eigenvalue weighted by Crippen LogP contribution is 2.25. The first-order chi connectivity index (χ1) is 9.54. The quantitative estimate of drug-likeness (QED) is 0.393. The van der Waals surface area contributed by atoms with Crippen LogP contribution in [0.4, 0.5) is 10.1 Å². The van der Waals surface area contributed by atoms with Crippen LogP contribution < -0.4 is 10.6 Å². The van der Waals surface area contributed by atoms with Crippen LogP contribution >= 0.6 is 11.3 Å². The van der Waals surface area contributed by atoms with E-state index in [1.165, 1.54) is 17.4 Å². The monoisotopic (exact) mass is 294 g/mol. The zero-order chi connectivity index (χ0) is 14.7. The molecule has 3 N–H and O–H groups in total. The number of amidine groups is 1. The summed E-state index contributed by atoms with van der Waals surface area (Å²) in [4.78, 5) is 7.11. The van der Waals surface area contributed by atoms with E-state index in [0.29, 0.717) is 12.2 Å². The molecule has 0 radical (unpaired) electrons. The lowest BCUT2D eigenvalue weighted by molar-refractivity contribution is 0.318. The average Bonchev–Trinajstić information content (AvgIpc) is 2.83. The van der Waals surface area contributed by atoms with Gasteiger partial charge in [0, 0.05) is 11.9 Å². The number of nitrogens with two attached hydrogens (primary N) is 1. The van der Waals surface area contributed by atoms with Crippen molar-refractivity contribution in [2.75, 3.05) is 11.9 Å². The van der Waals surface area contributed by atoms with E-state index in [1.807, 2.05) is 18.9 Å². The number of nitrogens with zero attached hydrogens (tertiary/aromatic N) is 3. The minimum Gasteiger partial charge on any atom is -0.409 e. The van der Waals surface area contributed by atoms with Crippen LogP contribution in [0.3, 0.4) is 0 Å². The first kappa shape index (κ1) is 14.3. The number of hydrogen-bond acceptors (Lipinski definition) is 5. The Morgan fingerprint density at radius 2 is 2.30 bits per heavy atom. The number of rotatable bonds is 4. The molecule has 5 nitrogen and oxygen atoms in total. The van der Waals surface area contributed by atoms with Crippen molar-refractivity contribution >= 4 is 22.9 Å². The second-order valence-corrected chi connectivity index (χ2v) is 5.28. The molecule has 0 unspecified atom stereocenters. The minimum atomic E-state index is -0.523. The molecule has 0 fully saturated rings. The molecule has 1 heterocycles. The van der Waals surface area contributed by atoms with Crippen molar-refractivity contribution in [3.63, 3.8) is 0 Å². The number of anilines is 1. The van der Waals surface area contributed by atoms with Gasteiger partial charge in [-0.05, 0) is 19.1 Å². The van der Waals surface area contributed by atoms with Gasteiger partial charge in [-0.2, -0.15) is 0 Å². The van der Waals surface area contributed by atoms with Crippen molar-refractivity contribution in [1.29, 1.82) is 0 Å². The van der Waals surface area contributed by atoms with E-state index >= 15 is 0 Å². The van der Waals surface area contributed by atoms with Crippen molar-refractivity contribution in [2.45, 2.75) is 13.5 Å². The number of benzene rings is 1. The highest BCUT2D eigenvalue weighted by Gasteiger charge is 2.17. The Morgan fingerprint density at radius 1 is 1.55 bits per heavy atom. The van der Waals surface area contributed by atoms with Gasteiger partial charge >= 0.3 is 0 Å². The highest BCUT2D eigenvalue weighted by molar-refractivity contribution is 7.09. The van der Waals surface area contributed by atoms with E-state index in [4.69, 9.17) is 10.9 Å². The van der Waals surface area contributed by atoms with Crippen molar-refractivity contribution < 1.29 is 9.60 Å². The second kappa shape index (κ2) is 5.87. The molecule has 0 spiro atoms. The van der Waals surface area contributed by atoms with Gasteiger partial charge in [-0.1, -0.05) is 11.2 Å². The summed E-state index contributed by atoms with van der Waals surface area (Å²) < 4.78 is 13.9. The zero-order valence-corrected chi connectivity index (χ0v) is 12.0. The molecule has 106 valence electrons. The number of aromatic nitrogens is 1. The van der Waals surface area contributed by atoms with Gasteiger partial charge in [0.15, 0.2) is 5.84 Å². The number of hydrogen-bond donors (Lipinski definition) is 2. The molecular weight excluding hydrogens is 279 g/mol. The van der Waals surface area contributed by atoms with Gasteiger partial charge in [0.1, 0.15) is 5.82 Å². The fraction of sp³-hybridized carbons (Fsp3) is 0.231. The molecule has 0 aliphatic rings. The van der Waals surface area contributed by atoms with Crippen LogP contribution in [0.2, 0.25) is 0 Å². The Kier molecular flexibility index (Phi) is 4.19. The molecule has 0 saturated carbocycles. The third-order valence-electron chi connectivity index (χ3n) is 2.99. The predicted octanol–water partition coefficient (Wildman–Crippen LogP) is 2.32. The molecule has 0 bridgehead atoms. The third kappa shape index (κ3) is 2.72. The van der Waals surface area contributed by atoms with E-state index < -0.39 is 5.82 Å². The Balaban J connectivity index is 2.37. The third-order valence-corrected chi connectivity index (χ3v) is 3.91. The number of aryl methyl sites for hydroxylation is 1. The smallest absolute Gasteiger partial charge is 0.175 e. The Labute approximate surface area is 120 Å². The molecule has 1 aromatic carbocycles. The Morgan fingerprint density at radius 3 is 2.90 bits per heavy atom. The molecule has 0 atom stereocenters. The number of oxime groups is 1. The van der Waals surface area contributed by atoms with Crippen LogP contribution in [0.15, 0.2) is 28.9 Å². The zero-order valence-electron chi connectivity index (χ0n) is 11.2. The summed E-state index contributed by atoms with van der Waals surface area (Å²) in [6, 6.07) is 4.60. The van der Waals surface area contributed by atoms with Gasteiger partial charge in [0.05, 0.1) is 29.0 Å². The van der Waals surface area contributed by atoms with Gasteiger partial charge < -0.3 is 15.8 Å².